The third kappa shape index (κ3) is 3.76. The van der Waals surface area contributed by atoms with Gasteiger partial charge in [0.1, 0.15) is 6.54 Å². The summed E-state index contributed by atoms with van der Waals surface area (Å²) < 4.78 is 25.4. The van der Waals surface area contributed by atoms with Gasteiger partial charge in [-0.1, -0.05) is 43.3 Å². The first-order chi connectivity index (χ1) is 10.4. The normalized spacial score (nSPS) is 11.4. The highest BCUT2D eigenvalue weighted by molar-refractivity contribution is 7.92. The number of carbonyl (C=O) groups is 1. The minimum absolute atomic E-state index is 0.215. The first-order valence-corrected chi connectivity index (χ1v) is 9.00. The lowest BCUT2D eigenvalue weighted by Crippen LogP contribution is -2.40. The molecule has 5 nitrogen and oxygen atoms in total. The van der Waals surface area contributed by atoms with E-state index in [9.17, 15) is 13.2 Å². The van der Waals surface area contributed by atoms with Crippen molar-refractivity contribution in [2.75, 3.05) is 23.7 Å². The summed E-state index contributed by atoms with van der Waals surface area (Å²) in [6.45, 7) is 2.26. The molecule has 0 spiro atoms. The number of anilines is 1. The largest absolute Gasteiger partial charge is 0.355 e. The second-order valence-corrected chi connectivity index (χ2v) is 7.02. The van der Waals surface area contributed by atoms with Gasteiger partial charge in [0.25, 0.3) is 0 Å². The Labute approximate surface area is 131 Å². The number of rotatable bonds is 6. The van der Waals surface area contributed by atoms with E-state index in [4.69, 9.17) is 0 Å². The van der Waals surface area contributed by atoms with Crippen molar-refractivity contribution in [2.45, 2.75) is 13.3 Å². The number of benzene rings is 2. The van der Waals surface area contributed by atoms with Gasteiger partial charge in [0.15, 0.2) is 0 Å². The Kier molecular flexibility index (Phi) is 5.03. The Hall–Kier alpha value is -2.08. The van der Waals surface area contributed by atoms with Crippen molar-refractivity contribution in [3.8, 4) is 0 Å². The van der Waals surface area contributed by atoms with Gasteiger partial charge >= 0.3 is 0 Å². The number of sulfonamides is 1. The molecule has 2 rings (SSSR count). The highest BCUT2D eigenvalue weighted by Gasteiger charge is 2.22. The highest BCUT2D eigenvalue weighted by Crippen LogP contribution is 2.28. The molecule has 0 aliphatic heterocycles. The van der Waals surface area contributed by atoms with Crippen molar-refractivity contribution in [1.29, 1.82) is 0 Å². The van der Waals surface area contributed by atoms with Gasteiger partial charge < -0.3 is 5.32 Å². The van der Waals surface area contributed by atoms with E-state index in [1.165, 1.54) is 0 Å². The number of fused-ring (bicyclic) bond motifs is 1. The van der Waals surface area contributed by atoms with Gasteiger partial charge in [-0.25, -0.2) is 8.42 Å². The summed E-state index contributed by atoms with van der Waals surface area (Å²) in [5.41, 5.74) is 0.521. The standard InChI is InChI=1S/C16H20N2O3S/c1-3-11-17-16(19)12-18(22(2,20)21)15-10-6-8-13-7-4-5-9-14(13)15/h4-10H,3,11-12H2,1-2H3,(H,17,19). The quantitative estimate of drug-likeness (QED) is 0.886. The van der Waals surface area contributed by atoms with Crippen LogP contribution in [0.4, 0.5) is 5.69 Å². The van der Waals surface area contributed by atoms with Crippen molar-refractivity contribution >= 4 is 32.4 Å². The van der Waals surface area contributed by atoms with E-state index in [0.717, 1.165) is 27.8 Å². The summed E-state index contributed by atoms with van der Waals surface area (Å²) in [6.07, 6.45) is 1.92. The molecular weight excluding hydrogens is 300 g/mol. The van der Waals surface area contributed by atoms with E-state index >= 15 is 0 Å². The van der Waals surface area contributed by atoms with Crippen LogP contribution < -0.4 is 9.62 Å². The number of nitrogens with zero attached hydrogens (tertiary/aromatic N) is 1. The molecule has 22 heavy (non-hydrogen) atoms. The molecule has 1 amide bonds. The first kappa shape index (κ1) is 16.3. The Morgan fingerprint density at radius 3 is 2.50 bits per heavy atom. The van der Waals surface area contributed by atoms with Crippen LogP contribution in [0.25, 0.3) is 10.8 Å². The minimum Gasteiger partial charge on any atom is -0.355 e. The van der Waals surface area contributed by atoms with E-state index in [0.29, 0.717) is 12.2 Å². The van der Waals surface area contributed by atoms with Gasteiger partial charge in [-0.15, -0.1) is 0 Å². The van der Waals surface area contributed by atoms with Crippen LogP contribution in [0.2, 0.25) is 0 Å². The molecule has 0 aromatic heterocycles. The molecule has 118 valence electrons. The predicted molar refractivity (Wildman–Crippen MR) is 89.4 cm³/mol. The SMILES string of the molecule is CCCNC(=O)CN(c1cccc2ccccc12)S(C)(=O)=O. The Bertz CT molecular complexity index is 767. The van der Waals surface area contributed by atoms with Crippen molar-refractivity contribution in [1.82, 2.24) is 5.32 Å². The third-order valence-electron chi connectivity index (χ3n) is 3.30. The Morgan fingerprint density at radius 1 is 1.14 bits per heavy atom. The molecule has 0 heterocycles. The van der Waals surface area contributed by atoms with Gasteiger partial charge in [0.05, 0.1) is 11.9 Å². The fourth-order valence-electron chi connectivity index (χ4n) is 2.26. The molecule has 0 aliphatic carbocycles. The smallest absolute Gasteiger partial charge is 0.240 e. The molecule has 0 fully saturated rings. The average Bonchev–Trinajstić information content (AvgIpc) is 2.49. The lowest BCUT2D eigenvalue weighted by atomic mass is 10.1. The predicted octanol–water partition coefficient (Wildman–Crippen LogP) is 2.13. The first-order valence-electron chi connectivity index (χ1n) is 7.15. The van der Waals surface area contributed by atoms with E-state index in [-0.39, 0.29) is 12.5 Å². The zero-order valence-electron chi connectivity index (χ0n) is 12.7. The number of hydrogen-bond donors (Lipinski definition) is 1. The molecular formula is C16H20N2O3S. The second kappa shape index (κ2) is 6.79. The maximum absolute atomic E-state index is 12.1. The molecule has 2 aromatic carbocycles. The van der Waals surface area contributed by atoms with Crippen LogP contribution in [-0.2, 0) is 14.8 Å². The summed E-state index contributed by atoms with van der Waals surface area (Å²) in [7, 11) is -3.56. The Morgan fingerprint density at radius 2 is 1.82 bits per heavy atom. The molecule has 1 N–H and O–H groups in total. The summed E-state index contributed by atoms with van der Waals surface area (Å²) in [5.74, 6) is -0.305. The van der Waals surface area contributed by atoms with E-state index in [1.807, 2.05) is 37.3 Å². The molecule has 0 bridgehead atoms. The van der Waals surface area contributed by atoms with Crippen LogP contribution in [0.1, 0.15) is 13.3 Å². The zero-order chi connectivity index (χ0) is 16.2. The van der Waals surface area contributed by atoms with Crippen LogP contribution in [0.15, 0.2) is 42.5 Å². The van der Waals surface area contributed by atoms with Crippen LogP contribution in [0, 0.1) is 0 Å². The van der Waals surface area contributed by atoms with Gasteiger partial charge in [0, 0.05) is 11.9 Å². The lowest BCUT2D eigenvalue weighted by Gasteiger charge is -2.23. The van der Waals surface area contributed by atoms with Crippen molar-refractivity contribution < 1.29 is 13.2 Å². The second-order valence-electron chi connectivity index (χ2n) is 5.12. The molecule has 0 saturated heterocycles. The maximum Gasteiger partial charge on any atom is 0.240 e. The number of hydrogen-bond acceptors (Lipinski definition) is 3. The molecule has 0 atom stereocenters. The third-order valence-corrected chi connectivity index (χ3v) is 4.42. The molecule has 0 unspecified atom stereocenters. The van der Waals surface area contributed by atoms with Crippen LogP contribution in [0.3, 0.4) is 0 Å². The van der Waals surface area contributed by atoms with Crippen molar-refractivity contribution in [2.24, 2.45) is 0 Å². The van der Waals surface area contributed by atoms with E-state index in [1.54, 1.807) is 12.1 Å². The zero-order valence-corrected chi connectivity index (χ0v) is 13.6. The van der Waals surface area contributed by atoms with Crippen molar-refractivity contribution in [3.05, 3.63) is 42.5 Å². The van der Waals surface area contributed by atoms with Crippen LogP contribution >= 0.6 is 0 Å². The van der Waals surface area contributed by atoms with Gasteiger partial charge in [-0.2, -0.15) is 0 Å². The molecule has 2 aromatic rings. The van der Waals surface area contributed by atoms with Gasteiger partial charge in [0.2, 0.25) is 15.9 Å². The molecule has 0 aliphatic rings. The van der Waals surface area contributed by atoms with Crippen LogP contribution in [-0.4, -0.2) is 33.7 Å². The number of carbonyl (C=O) groups excluding carboxylic acids is 1. The summed E-state index contributed by atoms with van der Waals surface area (Å²) >= 11 is 0. The average molecular weight is 320 g/mol. The number of amides is 1. The van der Waals surface area contributed by atoms with E-state index in [2.05, 4.69) is 5.32 Å². The fraction of sp³-hybridized carbons (Fsp3) is 0.312. The minimum atomic E-state index is -3.56. The van der Waals surface area contributed by atoms with Crippen LogP contribution in [0.5, 0.6) is 0 Å². The highest BCUT2D eigenvalue weighted by atomic mass is 32.2. The van der Waals surface area contributed by atoms with Gasteiger partial charge in [-0.3, -0.25) is 9.10 Å². The van der Waals surface area contributed by atoms with E-state index < -0.39 is 10.0 Å². The Balaban J connectivity index is 2.43. The summed E-state index contributed by atoms with van der Waals surface area (Å²) in [5, 5.41) is 4.45. The maximum atomic E-state index is 12.1. The van der Waals surface area contributed by atoms with Gasteiger partial charge in [-0.05, 0) is 17.9 Å². The number of nitrogens with one attached hydrogen (secondary N) is 1. The summed E-state index contributed by atoms with van der Waals surface area (Å²) in [6, 6.07) is 12.9. The fourth-order valence-corrected chi connectivity index (χ4v) is 3.13. The molecule has 0 saturated carbocycles. The van der Waals surface area contributed by atoms with Crippen molar-refractivity contribution in [3.63, 3.8) is 0 Å². The monoisotopic (exact) mass is 320 g/mol. The molecule has 0 radical (unpaired) electrons. The lowest BCUT2D eigenvalue weighted by molar-refractivity contribution is -0.119. The topological polar surface area (TPSA) is 66.5 Å². The molecule has 6 heteroatoms. The summed E-state index contributed by atoms with van der Waals surface area (Å²) in [4.78, 5) is 12.0.